The molecule has 0 amide bonds. The first-order chi connectivity index (χ1) is 6.63. The number of halogens is 1. The SMILES string of the molecule is [C-]#[N+]n1c(=O)[nH]c2[nH]c(=O)[nH]c2c1=O.[Cl-].[Na+]. The van der Waals surface area contributed by atoms with Crippen LogP contribution in [-0.4, -0.2) is 19.6 Å². The first-order valence-corrected chi connectivity index (χ1v) is 3.48. The minimum atomic E-state index is -0.882. The minimum absolute atomic E-state index is 0. The zero-order valence-corrected chi connectivity index (χ0v) is 10.8. The number of hydrogen-bond donors (Lipinski definition) is 3. The third-order valence-corrected chi connectivity index (χ3v) is 1.66. The van der Waals surface area contributed by atoms with Crippen molar-refractivity contribution in [2.75, 3.05) is 0 Å². The predicted octanol–water partition coefficient (Wildman–Crippen LogP) is -7.60. The average molecular weight is 252 g/mol. The molecular formula is C6H3ClN5NaO3. The second-order valence-electron chi connectivity index (χ2n) is 2.48. The molecule has 0 unspecified atom stereocenters. The Balaban J connectivity index is 0.00000112. The summed E-state index contributed by atoms with van der Waals surface area (Å²) in [5.41, 5.74) is -2.48. The van der Waals surface area contributed by atoms with E-state index in [1.54, 1.807) is 0 Å². The van der Waals surface area contributed by atoms with Crippen LogP contribution in [0, 0.1) is 6.57 Å². The zero-order chi connectivity index (χ0) is 10.3. The number of imidazole rings is 1. The van der Waals surface area contributed by atoms with Crippen LogP contribution in [0.3, 0.4) is 0 Å². The first-order valence-electron chi connectivity index (χ1n) is 3.48. The molecule has 10 heteroatoms. The Morgan fingerprint density at radius 2 is 1.75 bits per heavy atom. The summed E-state index contributed by atoms with van der Waals surface area (Å²) in [5, 5.41) is 0. The number of rotatable bonds is 0. The number of aromatic nitrogens is 4. The van der Waals surface area contributed by atoms with E-state index in [4.69, 9.17) is 6.57 Å². The fourth-order valence-electron chi connectivity index (χ4n) is 1.09. The van der Waals surface area contributed by atoms with Gasteiger partial charge in [-0.15, -0.1) is 4.95 Å². The molecule has 0 spiro atoms. The molecule has 2 aromatic rings. The van der Waals surface area contributed by atoms with E-state index in [0.717, 1.165) is 0 Å². The van der Waals surface area contributed by atoms with Gasteiger partial charge < -0.3 is 12.4 Å². The molecule has 2 aromatic heterocycles. The van der Waals surface area contributed by atoms with Crippen LogP contribution in [-0.2, 0) is 0 Å². The van der Waals surface area contributed by atoms with Crippen LogP contribution in [0.25, 0.3) is 16.1 Å². The normalized spacial score (nSPS) is 8.94. The summed E-state index contributed by atoms with van der Waals surface area (Å²) in [7, 11) is 0. The van der Waals surface area contributed by atoms with Crippen molar-refractivity contribution < 1.29 is 42.0 Å². The molecule has 0 aliphatic rings. The van der Waals surface area contributed by atoms with Crippen molar-refractivity contribution in [3.05, 3.63) is 42.8 Å². The van der Waals surface area contributed by atoms with Gasteiger partial charge in [0.15, 0.2) is 5.52 Å². The predicted molar refractivity (Wildman–Crippen MR) is 45.8 cm³/mol. The Morgan fingerprint density at radius 3 is 2.31 bits per heavy atom. The van der Waals surface area contributed by atoms with Crippen LogP contribution >= 0.6 is 0 Å². The largest absolute Gasteiger partial charge is 1.00 e. The third kappa shape index (κ3) is 2.12. The van der Waals surface area contributed by atoms with Crippen molar-refractivity contribution in [1.29, 1.82) is 0 Å². The number of H-pyrrole nitrogens is 3. The van der Waals surface area contributed by atoms with Crippen LogP contribution < -0.4 is 58.9 Å². The molecular weight excluding hydrogens is 249 g/mol. The van der Waals surface area contributed by atoms with Gasteiger partial charge in [0, 0.05) is 0 Å². The molecule has 0 atom stereocenters. The van der Waals surface area contributed by atoms with Gasteiger partial charge in [0.25, 0.3) is 0 Å². The van der Waals surface area contributed by atoms with E-state index >= 15 is 0 Å². The molecule has 0 saturated heterocycles. The average Bonchev–Trinajstić information content (AvgIpc) is 2.47. The first kappa shape index (κ1) is 14.7. The molecule has 16 heavy (non-hydrogen) atoms. The zero-order valence-electron chi connectivity index (χ0n) is 8.00. The van der Waals surface area contributed by atoms with Crippen LogP contribution in [0.4, 0.5) is 0 Å². The molecule has 0 aliphatic heterocycles. The number of hydrogen-bond acceptors (Lipinski definition) is 3. The molecule has 0 saturated carbocycles. The van der Waals surface area contributed by atoms with Crippen molar-refractivity contribution in [3.8, 4) is 0 Å². The number of aromatic amines is 3. The number of nitrogens with zero attached hydrogens (tertiary/aromatic N) is 2. The maximum absolute atomic E-state index is 11.3. The second kappa shape index (κ2) is 5.18. The van der Waals surface area contributed by atoms with Crippen LogP contribution in [0.5, 0.6) is 0 Å². The van der Waals surface area contributed by atoms with E-state index in [2.05, 4.69) is 19.9 Å². The van der Waals surface area contributed by atoms with Crippen molar-refractivity contribution >= 4 is 11.2 Å². The molecule has 0 radical (unpaired) electrons. The van der Waals surface area contributed by atoms with Crippen LogP contribution in [0.15, 0.2) is 14.4 Å². The Hall–Kier alpha value is -1.27. The van der Waals surface area contributed by atoms with Crippen molar-refractivity contribution in [2.24, 2.45) is 0 Å². The molecule has 8 nitrogen and oxygen atoms in total. The smallest absolute Gasteiger partial charge is 1.00 e. The van der Waals surface area contributed by atoms with E-state index in [1.165, 1.54) is 0 Å². The summed E-state index contributed by atoms with van der Waals surface area (Å²) >= 11 is 0. The van der Waals surface area contributed by atoms with Crippen LogP contribution in [0.2, 0.25) is 0 Å². The Labute approximate surface area is 115 Å². The van der Waals surface area contributed by atoms with E-state index in [9.17, 15) is 14.4 Å². The molecule has 0 bridgehead atoms. The Morgan fingerprint density at radius 1 is 1.12 bits per heavy atom. The molecule has 2 rings (SSSR count). The fourth-order valence-corrected chi connectivity index (χ4v) is 1.09. The summed E-state index contributed by atoms with van der Waals surface area (Å²) in [6.07, 6.45) is 0. The molecule has 0 aromatic carbocycles. The summed E-state index contributed by atoms with van der Waals surface area (Å²) in [4.78, 5) is 42.4. The summed E-state index contributed by atoms with van der Waals surface area (Å²) in [5.74, 6) is 0. The fraction of sp³-hybridized carbons (Fsp3) is 0. The van der Waals surface area contributed by atoms with Gasteiger partial charge in [0.05, 0.1) is 4.68 Å². The Kier molecular flexibility index (Phi) is 4.77. The van der Waals surface area contributed by atoms with E-state index in [-0.39, 0.29) is 53.1 Å². The molecule has 0 fully saturated rings. The van der Waals surface area contributed by atoms with Gasteiger partial charge in [-0.1, -0.05) is 0 Å². The van der Waals surface area contributed by atoms with E-state index in [0.29, 0.717) is 4.68 Å². The molecule has 78 valence electrons. The van der Waals surface area contributed by atoms with E-state index < -0.39 is 16.9 Å². The van der Waals surface area contributed by atoms with Crippen LogP contribution in [0.1, 0.15) is 0 Å². The van der Waals surface area contributed by atoms with Gasteiger partial charge in [-0.3, -0.25) is 19.7 Å². The standard InChI is InChI=1S/C6H3N5O3.ClH.Na/c1-7-11-4(12)2-3(10-6(11)14)9-5(13)8-2;;/h(H,10,14)(H2,8,9,13);1H;/q;;+1/p-1. The maximum atomic E-state index is 11.3. The summed E-state index contributed by atoms with van der Waals surface area (Å²) < 4.78 is 0.298. The van der Waals surface area contributed by atoms with Gasteiger partial charge in [-0.05, 0) is 0 Å². The Bertz CT molecular complexity index is 717. The van der Waals surface area contributed by atoms with Gasteiger partial charge in [-0.2, -0.15) is 6.57 Å². The monoisotopic (exact) mass is 251 g/mol. The molecule has 3 N–H and O–H groups in total. The second-order valence-corrected chi connectivity index (χ2v) is 2.48. The summed E-state index contributed by atoms with van der Waals surface area (Å²) in [6.45, 7) is 6.57. The van der Waals surface area contributed by atoms with Gasteiger partial charge >= 0.3 is 46.5 Å². The maximum Gasteiger partial charge on any atom is 1.00 e. The molecule has 0 aliphatic carbocycles. The van der Waals surface area contributed by atoms with Gasteiger partial charge in [-0.25, -0.2) is 9.59 Å². The van der Waals surface area contributed by atoms with Gasteiger partial charge in [0.2, 0.25) is 0 Å². The van der Waals surface area contributed by atoms with Crippen molar-refractivity contribution in [3.63, 3.8) is 0 Å². The third-order valence-electron chi connectivity index (χ3n) is 1.66. The number of nitrogens with one attached hydrogen (secondary N) is 3. The van der Waals surface area contributed by atoms with Crippen molar-refractivity contribution in [2.45, 2.75) is 0 Å². The topological polar surface area (TPSA) is 108 Å². The quantitative estimate of drug-likeness (QED) is 0.320. The number of fused-ring (bicyclic) bond motifs is 1. The minimum Gasteiger partial charge on any atom is -1.00 e. The van der Waals surface area contributed by atoms with E-state index in [1.807, 2.05) is 0 Å². The molecule has 2 heterocycles. The van der Waals surface area contributed by atoms with Gasteiger partial charge in [0.1, 0.15) is 5.65 Å². The van der Waals surface area contributed by atoms with Crippen molar-refractivity contribution in [1.82, 2.24) is 19.6 Å². The summed E-state index contributed by atoms with van der Waals surface area (Å²) in [6, 6.07) is 0.